The Morgan fingerprint density at radius 1 is 0.784 bits per heavy atom. The van der Waals surface area contributed by atoms with Crippen molar-refractivity contribution in [1.82, 2.24) is 40.1 Å². The van der Waals surface area contributed by atoms with Crippen LogP contribution in [0.2, 0.25) is 0 Å². The molecule has 0 bridgehead atoms. The third-order valence-corrected chi connectivity index (χ3v) is 8.57. The van der Waals surface area contributed by atoms with Gasteiger partial charge in [0.05, 0.1) is 49.9 Å². The van der Waals surface area contributed by atoms with Crippen LogP contribution in [0.1, 0.15) is 35.8 Å². The molecule has 2 atom stereocenters. The monoisotopic (exact) mass is 881 g/mol. The summed E-state index contributed by atoms with van der Waals surface area (Å²) in [4.78, 5) is 85.2. The van der Waals surface area contributed by atoms with Gasteiger partial charge in [0.1, 0.15) is 6.04 Å². The summed E-state index contributed by atoms with van der Waals surface area (Å²) in [5, 5.41) is 52.5. The van der Waals surface area contributed by atoms with Gasteiger partial charge in [-0.2, -0.15) is 0 Å². The number of pyridine rings is 1. The Bertz CT molecular complexity index is 1310. The van der Waals surface area contributed by atoms with E-state index < -0.39 is 48.8 Å². The summed E-state index contributed by atoms with van der Waals surface area (Å²) in [6, 6.07) is 2.14. The van der Waals surface area contributed by atoms with Crippen LogP contribution in [0, 0.1) is 36.9 Å². The minimum absolute atomic E-state index is 0. The summed E-state index contributed by atoms with van der Waals surface area (Å²) in [5.74, 6) is -5.19. The van der Waals surface area contributed by atoms with Crippen LogP contribution in [0.25, 0.3) is 0 Å². The first-order valence-corrected chi connectivity index (χ1v) is 16.5. The van der Waals surface area contributed by atoms with E-state index in [2.05, 4.69) is 15.6 Å². The largest absolute Gasteiger partial charge is 0.480 e. The van der Waals surface area contributed by atoms with Gasteiger partial charge in [-0.3, -0.25) is 53.4 Å². The predicted octanol–water partition coefficient (Wildman–Crippen LogP) is -3.71. The number of nitrogens with one attached hydrogen (secondary N) is 2. The van der Waals surface area contributed by atoms with Gasteiger partial charge in [-0.1, -0.05) is 0 Å². The van der Waals surface area contributed by atoms with Gasteiger partial charge in [0.25, 0.3) is 5.91 Å². The molecule has 1 aromatic heterocycles. The van der Waals surface area contributed by atoms with Crippen LogP contribution in [0.3, 0.4) is 0 Å². The fourth-order valence-corrected chi connectivity index (χ4v) is 5.86. The van der Waals surface area contributed by atoms with Gasteiger partial charge in [-0.15, -0.1) is 0 Å². The van der Waals surface area contributed by atoms with Crippen LogP contribution < -0.4 is 10.6 Å². The zero-order valence-corrected chi connectivity index (χ0v) is 30.1. The van der Waals surface area contributed by atoms with Crippen LogP contribution in [-0.2, 0) is 30.5 Å². The first-order valence-electron chi connectivity index (χ1n) is 16.5. The minimum atomic E-state index is -1.66. The fraction of sp³-hybridized carbons (Fsp3) is 0.633. The average molecular weight is 882 g/mol. The first-order chi connectivity index (χ1) is 23.7. The number of carboxylic acid groups (broad SMARTS) is 3. The van der Waals surface area contributed by atoms with E-state index in [1.807, 2.05) is 0 Å². The summed E-state index contributed by atoms with van der Waals surface area (Å²) in [6.45, 7) is 3.24. The number of hydrogen-bond acceptors (Lipinski definition) is 13. The summed E-state index contributed by atoms with van der Waals surface area (Å²) in [7, 11) is -1.66. The molecule has 291 valence electrons. The predicted molar refractivity (Wildman–Crippen MR) is 177 cm³/mol. The van der Waals surface area contributed by atoms with Crippen LogP contribution >= 0.6 is 0 Å². The van der Waals surface area contributed by atoms with Crippen LogP contribution in [0.5, 0.6) is 0 Å². The van der Waals surface area contributed by atoms with Gasteiger partial charge in [-0.25, -0.2) is 0 Å². The molecule has 0 spiro atoms. The molecular weight excluding hydrogens is 834 g/mol. The molecule has 2 saturated heterocycles. The molecule has 3 heterocycles. The summed E-state index contributed by atoms with van der Waals surface area (Å²) >= 11 is 0. The van der Waals surface area contributed by atoms with Crippen molar-refractivity contribution < 1.29 is 91.0 Å². The topological polar surface area (TPSA) is 257 Å². The van der Waals surface area contributed by atoms with Crippen LogP contribution in [0.4, 0.5) is 0 Å². The van der Waals surface area contributed by atoms with E-state index in [1.54, 1.807) is 25.7 Å². The SMILES string of the molecule is C[C@@H](NC(=O)c1ccc(CNC(=O)CN2CCN(CC(=O)O)CCN(CC(=O)O)CCN(CC(=O)O)CC2)nc1)C(=O)N1CCC[C@H]1B(O)O.[Lu]. The zero-order valence-electron chi connectivity index (χ0n) is 28.4. The molecule has 0 unspecified atom stereocenters. The normalized spacial score (nSPS) is 19.1. The Hall–Kier alpha value is -2.97. The van der Waals surface area contributed by atoms with Gasteiger partial charge in [0, 0.05) is 102 Å². The van der Waals surface area contributed by atoms with Crippen molar-refractivity contribution in [2.45, 2.75) is 38.3 Å². The maximum absolute atomic E-state index is 13.0. The number of likely N-dealkylation sites (tertiary alicyclic amines) is 1. The van der Waals surface area contributed by atoms with Gasteiger partial charge in [-0.05, 0) is 31.9 Å². The second kappa shape index (κ2) is 22.2. The van der Waals surface area contributed by atoms with E-state index in [1.165, 1.54) is 24.1 Å². The molecule has 1 radical (unpaired) electrons. The summed E-state index contributed by atoms with van der Waals surface area (Å²) < 4.78 is 0. The number of carboxylic acids is 3. The Morgan fingerprint density at radius 2 is 1.25 bits per heavy atom. The Morgan fingerprint density at radius 3 is 1.67 bits per heavy atom. The van der Waals surface area contributed by atoms with E-state index in [0.717, 1.165) is 0 Å². The van der Waals surface area contributed by atoms with Crippen LogP contribution in [-0.4, -0.2) is 195 Å². The van der Waals surface area contributed by atoms with Crippen molar-refractivity contribution in [3.05, 3.63) is 29.6 Å². The van der Waals surface area contributed by atoms with Crippen molar-refractivity contribution >= 4 is 42.7 Å². The third kappa shape index (κ3) is 15.7. The van der Waals surface area contributed by atoms with Crippen molar-refractivity contribution in [3.63, 3.8) is 0 Å². The molecule has 0 saturated carbocycles. The molecule has 2 aliphatic heterocycles. The molecule has 7 N–H and O–H groups in total. The molecule has 3 rings (SSSR count). The van der Waals surface area contributed by atoms with Gasteiger partial charge in [0.2, 0.25) is 11.8 Å². The molecule has 19 nitrogen and oxygen atoms in total. The minimum Gasteiger partial charge on any atom is -0.480 e. The number of rotatable bonds is 14. The summed E-state index contributed by atoms with van der Waals surface area (Å²) in [6.07, 6.45) is 2.39. The number of hydrogen-bond donors (Lipinski definition) is 7. The molecule has 2 fully saturated rings. The molecule has 51 heavy (non-hydrogen) atoms. The van der Waals surface area contributed by atoms with E-state index in [9.17, 15) is 54.1 Å². The number of carbonyl (C=O) groups is 6. The number of amides is 3. The fourth-order valence-electron chi connectivity index (χ4n) is 5.86. The van der Waals surface area contributed by atoms with E-state index >= 15 is 0 Å². The maximum atomic E-state index is 13.0. The molecule has 0 aliphatic carbocycles. The maximum Gasteiger partial charge on any atom is 0.475 e. The van der Waals surface area contributed by atoms with E-state index in [-0.39, 0.29) is 120 Å². The molecule has 2 aliphatic rings. The number of aliphatic carboxylic acids is 3. The Kier molecular flexibility index (Phi) is 19.2. The van der Waals surface area contributed by atoms with Crippen molar-refractivity contribution in [3.8, 4) is 0 Å². The third-order valence-electron chi connectivity index (χ3n) is 8.57. The number of carbonyl (C=O) groups excluding carboxylic acids is 3. The Labute approximate surface area is 325 Å². The van der Waals surface area contributed by atoms with Gasteiger partial charge < -0.3 is 40.9 Å². The summed E-state index contributed by atoms with van der Waals surface area (Å²) in [5.41, 5.74) is 0.637. The van der Waals surface area contributed by atoms with Crippen molar-refractivity contribution in [2.24, 2.45) is 0 Å². The molecular formula is C30H47BLuN8O11. The average Bonchev–Trinajstić information content (AvgIpc) is 3.55. The Balaban J connectivity index is 0.00000901. The second-order valence-corrected chi connectivity index (χ2v) is 12.5. The van der Waals surface area contributed by atoms with Crippen molar-refractivity contribution in [2.75, 3.05) is 85.1 Å². The quantitative estimate of drug-likeness (QED) is 0.0888. The van der Waals surface area contributed by atoms with E-state index in [4.69, 9.17) is 0 Å². The molecule has 21 heteroatoms. The number of nitrogens with zero attached hydrogens (tertiary/aromatic N) is 6. The number of aromatic nitrogens is 1. The van der Waals surface area contributed by atoms with E-state index in [0.29, 0.717) is 38.2 Å². The molecule has 3 amide bonds. The standard InChI is InChI=1S/C30H47BN8O11.Lu/c1-21(30(48)39-6-2-3-24(39)31(49)50)34-29(47)22-4-5-23(32-15-22)16-33-25(40)17-35-7-9-36(18-26(41)42)11-13-38(20-28(45)46)14-12-37(10-8-35)19-27(43)44;/h4-5,15,21,24,49-50H,2-3,6-14,16-20H2,1H3,(H,33,40)(H,34,47)(H,41,42)(H,43,44)(H,45,46);/t21-,24+;/m1./s1. The van der Waals surface area contributed by atoms with Crippen LogP contribution in [0.15, 0.2) is 18.3 Å². The van der Waals surface area contributed by atoms with Crippen molar-refractivity contribution in [1.29, 1.82) is 0 Å². The van der Waals surface area contributed by atoms with Gasteiger partial charge in [0.15, 0.2) is 0 Å². The first kappa shape index (κ1) is 44.2. The zero-order chi connectivity index (χ0) is 36.8. The molecule has 0 aromatic carbocycles. The second-order valence-electron chi connectivity index (χ2n) is 12.5. The van der Waals surface area contributed by atoms with Gasteiger partial charge >= 0.3 is 25.0 Å². The smallest absolute Gasteiger partial charge is 0.475 e. The molecule has 1 aromatic rings.